The number of amides is 1. The van der Waals surface area contributed by atoms with Crippen LogP contribution in [-0.2, 0) is 21.5 Å². The molecule has 0 radical (unpaired) electrons. The molecular formula is C24H34N2O3. The Morgan fingerprint density at radius 1 is 1.03 bits per heavy atom. The molecule has 0 aliphatic rings. The Hall–Kier alpha value is -2.37. The lowest BCUT2D eigenvalue weighted by Crippen LogP contribution is -2.44. The van der Waals surface area contributed by atoms with Crippen molar-refractivity contribution in [2.24, 2.45) is 0 Å². The van der Waals surface area contributed by atoms with Crippen LogP contribution in [0.15, 0.2) is 36.4 Å². The van der Waals surface area contributed by atoms with Gasteiger partial charge < -0.3 is 10.1 Å². The molecule has 29 heavy (non-hydrogen) atoms. The number of aryl methyl sites for hydroxylation is 2. The molecular weight excluding hydrogens is 364 g/mol. The van der Waals surface area contributed by atoms with E-state index in [0.717, 1.165) is 16.9 Å². The quantitative estimate of drug-likeness (QED) is 0.499. The molecule has 0 aliphatic carbocycles. The van der Waals surface area contributed by atoms with Crippen LogP contribution >= 0.6 is 0 Å². The number of methoxy groups -OCH3 is 1. The van der Waals surface area contributed by atoms with Gasteiger partial charge in [-0.2, -0.15) is 0 Å². The standard InChI is InChI=1S/C24H34N2O3/c1-16-13-19(23(3,4)5)14-17(2)21(16)25-20-11-9-18(10-12-20)15-26(28)22(27)24(6,7)29-8/h9-14,25,28H,15H2,1-8H3. The SMILES string of the molecule is COC(C)(C)C(=O)N(O)Cc1ccc(Nc2c(C)cc(C(C)(C)C)cc2C)cc1. The lowest BCUT2D eigenvalue weighted by molar-refractivity contribution is -0.187. The van der Waals surface area contributed by atoms with E-state index < -0.39 is 11.5 Å². The summed E-state index contributed by atoms with van der Waals surface area (Å²) >= 11 is 0. The zero-order valence-electron chi connectivity index (χ0n) is 18.9. The summed E-state index contributed by atoms with van der Waals surface area (Å²) in [5, 5.41) is 14.3. The van der Waals surface area contributed by atoms with Crippen LogP contribution in [0.25, 0.3) is 0 Å². The summed E-state index contributed by atoms with van der Waals surface area (Å²) < 4.78 is 5.13. The summed E-state index contributed by atoms with van der Waals surface area (Å²) in [6, 6.07) is 12.2. The van der Waals surface area contributed by atoms with Crippen molar-refractivity contribution in [2.75, 3.05) is 12.4 Å². The van der Waals surface area contributed by atoms with Crippen LogP contribution in [0.5, 0.6) is 0 Å². The third-order valence-electron chi connectivity index (χ3n) is 5.21. The highest BCUT2D eigenvalue weighted by atomic mass is 16.5. The van der Waals surface area contributed by atoms with E-state index in [4.69, 9.17) is 4.74 Å². The highest BCUT2D eigenvalue weighted by molar-refractivity contribution is 5.83. The van der Waals surface area contributed by atoms with E-state index in [9.17, 15) is 10.0 Å². The molecule has 0 spiro atoms. The molecule has 2 rings (SSSR count). The van der Waals surface area contributed by atoms with Crippen molar-refractivity contribution in [3.05, 3.63) is 58.7 Å². The van der Waals surface area contributed by atoms with Gasteiger partial charge in [0.05, 0.1) is 6.54 Å². The Kier molecular flexibility index (Phi) is 6.76. The number of ether oxygens (including phenoxy) is 1. The molecule has 2 aromatic rings. The van der Waals surface area contributed by atoms with Crippen molar-refractivity contribution in [3.8, 4) is 0 Å². The molecule has 158 valence electrons. The van der Waals surface area contributed by atoms with Gasteiger partial charge in [-0.15, -0.1) is 0 Å². The van der Waals surface area contributed by atoms with E-state index in [2.05, 4.69) is 52.1 Å². The molecule has 0 aliphatic heterocycles. The third kappa shape index (κ3) is 5.58. The number of carbonyl (C=O) groups is 1. The molecule has 0 unspecified atom stereocenters. The van der Waals surface area contributed by atoms with Gasteiger partial charge >= 0.3 is 0 Å². The third-order valence-corrected chi connectivity index (χ3v) is 5.21. The Morgan fingerprint density at radius 2 is 1.55 bits per heavy atom. The molecule has 5 heteroatoms. The summed E-state index contributed by atoms with van der Waals surface area (Å²) in [5.74, 6) is -0.479. The molecule has 5 nitrogen and oxygen atoms in total. The van der Waals surface area contributed by atoms with Gasteiger partial charge in [-0.25, -0.2) is 5.06 Å². The highest BCUT2D eigenvalue weighted by Crippen LogP contribution is 2.31. The normalized spacial score (nSPS) is 12.0. The van der Waals surface area contributed by atoms with Crippen molar-refractivity contribution in [1.29, 1.82) is 0 Å². The molecule has 0 saturated heterocycles. The zero-order valence-corrected chi connectivity index (χ0v) is 18.9. The second-order valence-electron chi connectivity index (χ2n) is 9.13. The van der Waals surface area contributed by atoms with Gasteiger partial charge in [0, 0.05) is 18.5 Å². The average molecular weight is 399 g/mol. The first kappa shape index (κ1) is 22.9. The van der Waals surface area contributed by atoms with Crippen molar-refractivity contribution in [1.82, 2.24) is 5.06 Å². The van der Waals surface area contributed by atoms with E-state index in [1.165, 1.54) is 23.8 Å². The molecule has 1 amide bonds. The van der Waals surface area contributed by atoms with E-state index in [-0.39, 0.29) is 12.0 Å². The van der Waals surface area contributed by atoms with Crippen LogP contribution in [-0.4, -0.2) is 28.9 Å². The zero-order chi connectivity index (χ0) is 22.0. The topological polar surface area (TPSA) is 61.8 Å². The predicted molar refractivity (Wildman–Crippen MR) is 118 cm³/mol. The second kappa shape index (κ2) is 8.56. The van der Waals surface area contributed by atoms with Crippen LogP contribution in [0.4, 0.5) is 11.4 Å². The average Bonchev–Trinajstić information content (AvgIpc) is 2.64. The molecule has 0 bridgehead atoms. The van der Waals surface area contributed by atoms with Gasteiger partial charge in [0.25, 0.3) is 5.91 Å². The summed E-state index contributed by atoms with van der Waals surface area (Å²) in [4.78, 5) is 12.2. The van der Waals surface area contributed by atoms with Gasteiger partial charge in [0.2, 0.25) is 0 Å². The first-order valence-corrected chi connectivity index (χ1v) is 9.89. The van der Waals surface area contributed by atoms with Gasteiger partial charge in [0.15, 0.2) is 0 Å². The number of nitrogens with one attached hydrogen (secondary N) is 1. The highest BCUT2D eigenvalue weighted by Gasteiger charge is 2.31. The Bertz CT molecular complexity index is 842. The summed E-state index contributed by atoms with van der Waals surface area (Å²) in [6.45, 7) is 14.2. The number of nitrogens with zero attached hydrogens (tertiary/aromatic N) is 1. The van der Waals surface area contributed by atoms with E-state index in [0.29, 0.717) is 5.06 Å². The number of rotatable bonds is 6. The van der Waals surface area contributed by atoms with Gasteiger partial charge in [-0.3, -0.25) is 10.0 Å². The van der Waals surface area contributed by atoms with Crippen molar-refractivity contribution in [2.45, 2.75) is 66.0 Å². The Labute approximate surface area is 174 Å². The van der Waals surface area contributed by atoms with Gasteiger partial charge in [0.1, 0.15) is 5.60 Å². The lowest BCUT2D eigenvalue weighted by atomic mass is 9.85. The molecule has 2 aromatic carbocycles. The summed E-state index contributed by atoms with van der Waals surface area (Å²) in [6.07, 6.45) is 0. The smallest absolute Gasteiger partial charge is 0.277 e. The first-order chi connectivity index (χ1) is 13.3. The number of carbonyl (C=O) groups excluding carboxylic acids is 1. The number of hydrogen-bond donors (Lipinski definition) is 2. The minimum Gasteiger partial charge on any atom is -0.369 e. The number of benzene rings is 2. The molecule has 0 saturated carbocycles. The minimum atomic E-state index is -1.06. The van der Waals surface area contributed by atoms with Gasteiger partial charge in [-0.05, 0) is 67.5 Å². The fraction of sp³-hybridized carbons (Fsp3) is 0.458. The van der Waals surface area contributed by atoms with Crippen molar-refractivity contribution >= 4 is 17.3 Å². The van der Waals surface area contributed by atoms with Crippen LogP contribution in [0, 0.1) is 13.8 Å². The fourth-order valence-electron chi connectivity index (χ4n) is 3.07. The van der Waals surface area contributed by atoms with Crippen LogP contribution in [0.2, 0.25) is 0 Å². The largest absolute Gasteiger partial charge is 0.369 e. The van der Waals surface area contributed by atoms with Crippen LogP contribution in [0.3, 0.4) is 0 Å². The lowest BCUT2D eigenvalue weighted by Gasteiger charge is -2.26. The number of hydroxylamine groups is 2. The van der Waals surface area contributed by atoms with Gasteiger partial charge in [-0.1, -0.05) is 45.0 Å². The predicted octanol–water partition coefficient (Wildman–Crippen LogP) is 5.49. The Morgan fingerprint density at radius 3 is 2.00 bits per heavy atom. The molecule has 0 heterocycles. The van der Waals surface area contributed by atoms with E-state index >= 15 is 0 Å². The maximum Gasteiger partial charge on any atom is 0.277 e. The molecule has 0 atom stereocenters. The second-order valence-corrected chi connectivity index (χ2v) is 9.13. The monoisotopic (exact) mass is 398 g/mol. The summed E-state index contributed by atoms with van der Waals surface area (Å²) in [7, 11) is 1.45. The van der Waals surface area contributed by atoms with Crippen molar-refractivity contribution in [3.63, 3.8) is 0 Å². The fourth-order valence-corrected chi connectivity index (χ4v) is 3.07. The molecule has 2 N–H and O–H groups in total. The van der Waals surface area contributed by atoms with E-state index in [1.807, 2.05) is 24.3 Å². The molecule has 0 fully saturated rings. The molecule has 0 aromatic heterocycles. The first-order valence-electron chi connectivity index (χ1n) is 9.89. The maximum atomic E-state index is 12.2. The summed E-state index contributed by atoms with van der Waals surface area (Å²) in [5.41, 5.74) is 5.66. The van der Waals surface area contributed by atoms with E-state index in [1.54, 1.807) is 13.8 Å². The maximum absolute atomic E-state index is 12.2. The van der Waals surface area contributed by atoms with Crippen LogP contribution in [0.1, 0.15) is 56.9 Å². The van der Waals surface area contributed by atoms with Crippen molar-refractivity contribution < 1.29 is 14.7 Å². The van der Waals surface area contributed by atoms with Crippen LogP contribution < -0.4 is 5.32 Å². The minimum absolute atomic E-state index is 0.101. The number of anilines is 2. The Balaban J connectivity index is 2.13. The number of hydrogen-bond acceptors (Lipinski definition) is 4.